The Bertz CT molecular complexity index is 350. The van der Waals surface area contributed by atoms with E-state index in [1.165, 1.54) is 0 Å². The average Bonchev–Trinajstić information content (AvgIpc) is 2.56. The lowest BCUT2D eigenvalue weighted by Crippen LogP contribution is -2.45. The molecule has 0 aromatic carbocycles. The summed E-state index contributed by atoms with van der Waals surface area (Å²) in [6.07, 6.45) is 0.974. The first-order valence-corrected chi connectivity index (χ1v) is 6.80. The Hall–Kier alpha value is -0.390. The summed E-state index contributed by atoms with van der Waals surface area (Å²) in [4.78, 5) is 0. The van der Waals surface area contributed by atoms with E-state index in [1.807, 2.05) is 0 Å². The topological polar surface area (TPSA) is 80.4 Å². The number of rotatable bonds is 4. The summed E-state index contributed by atoms with van der Waals surface area (Å²) in [6.45, 7) is 5.51. The van der Waals surface area contributed by atoms with E-state index in [0.717, 1.165) is 0 Å². The van der Waals surface area contributed by atoms with E-state index in [-0.39, 0.29) is 24.8 Å². The predicted molar refractivity (Wildman–Crippen MR) is 60.2 cm³/mol. The molecule has 3 N–H and O–H groups in total. The first kappa shape index (κ1) is 12.7. The minimum Gasteiger partial charge on any atom is -0.396 e. The first-order valence-electron chi connectivity index (χ1n) is 5.15. The molecule has 4 nitrogen and oxygen atoms in total. The normalized spacial score (nSPS) is 32.2. The monoisotopic (exact) mass is 233 g/mol. The van der Waals surface area contributed by atoms with Gasteiger partial charge in [-0.05, 0) is 18.8 Å². The zero-order valence-corrected chi connectivity index (χ0v) is 9.89. The minimum absolute atomic E-state index is 0.00000425. The number of aliphatic hydroxyl groups excluding tert-OH is 1. The maximum atomic E-state index is 12.0. The third kappa shape index (κ3) is 1.84. The molecule has 15 heavy (non-hydrogen) atoms. The molecule has 0 radical (unpaired) electrons. The molecule has 0 heterocycles. The largest absolute Gasteiger partial charge is 0.396 e. The molecule has 0 unspecified atom stereocenters. The lowest BCUT2D eigenvalue weighted by molar-refractivity contribution is 0.228. The van der Waals surface area contributed by atoms with Crippen LogP contribution in [0.4, 0.5) is 0 Å². The summed E-state index contributed by atoms with van der Waals surface area (Å²) in [5.74, 6) is 0.0591. The SMILES string of the molecule is C=C1C[C@H](CO)C[C@]1(CN)S(=O)(=O)CC. The molecule has 5 heteroatoms. The van der Waals surface area contributed by atoms with Gasteiger partial charge >= 0.3 is 0 Å². The minimum atomic E-state index is -3.24. The second-order valence-electron chi connectivity index (χ2n) is 4.16. The fourth-order valence-corrected chi connectivity index (χ4v) is 4.14. The second-order valence-corrected chi connectivity index (χ2v) is 6.75. The van der Waals surface area contributed by atoms with E-state index >= 15 is 0 Å². The van der Waals surface area contributed by atoms with Crippen molar-refractivity contribution in [1.82, 2.24) is 0 Å². The first-order chi connectivity index (χ1) is 6.93. The van der Waals surface area contributed by atoms with Gasteiger partial charge in [0.05, 0.1) is 0 Å². The van der Waals surface area contributed by atoms with Crippen molar-refractivity contribution in [1.29, 1.82) is 0 Å². The van der Waals surface area contributed by atoms with Gasteiger partial charge in [0.15, 0.2) is 9.84 Å². The predicted octanol–water partition coefficient (Wildman–Crippen LogP) is 0.0771. The van der Waals surface area contributed by atoms with Crippen LogP contribution in [0.25, 0.3) is 0 Å². The highest BCUT2D eigenvalue weighted by atomic mass is 32.2. The van der Waals surface area contributed by atoms with Gasteiger partial charge in [0.1, 0.15) is 4.75 Å². The van der Waals surface area contributed by atoms with Crippen LogP contribution in [0.2, 0.25) is 0 Å². The maximum Gasteiger partial charge on any atom is 0.160 e. The quantitative estimate of drug-likeness (QED) is 0.674. The van der Waals surface area contributed by atoms with E-state index < -0.39 is 14.6 Å². The number of hydrogen-bond acceptors (Lipinski definition) is 4. The van der Waals surface area contributed by atoms with Crippen molar-refractivity contribution in [3.63, 3.8) is 0 Å². The molecule has 0 aromatic rings. The van der Waals surface area contributed by atoms with Gasteiger partial charge < -0.3 is 10.8 Å². The molecule has 0 bridgehead atoms. The fourth-order valence-electron chi connectivity index (χ4n) is 2.32. The van der Waals surface area contributed by atoms with Crippen LogP contribution in [0, 0.1) is 5.92 Å². The van der Waals surface area contributed by atoms with E-state index in [9.17, 15) is 8.42 Å². The van der Waals surface area contributed by atoms with Crippen LogP contribution in [0.3, 0.4) is 0 Å². The van der Waals surface area contributed by atoms with Crippen LogP contribution in [0.5, 0.6) is 0 Å². The van der Waals surface area contributed by atoms with Crippen molar-refractivity contribution in [2.75, 3.05) is 18.9 Å². The van der Waals surface area contributed by atoms with E-state index in [2.05, 4.69) is 6.58 Å². The second kappa shape index (κ2) is 4.23. The maximum absolute atomic E-state index is 12.0. The molecule has 0 amide bonds. The zero-order valence-electron chi connectivity index (χ0n) is 9.07. The smallest absolute Gasteiger partial charge is 0.160 e. The van der Waals surface area contributed by atoms with Gasteiger partial charge in [-0.15, -0.1) is 0 Å². The summed E-state index contributed by atoms with van der Waals surface area (Å²) in [5.41, 5.74) is 6.27. The Kier molecular flexibility index (Phi) is 3.58. The third-order valence-corrected chi connectivity index (χ3v) is 5.93. The highest BCUT2D eigenvalue weighted by molar-refractivity contribution is 7.93. The van der Waals surface area contributed by atoms with Crippen LogP contribution in [-0.4, -0.2) is 37.2 Å². The molecule has 1 aliphatic carbocycles. The average molecular weight is 233 g/mol. The van der Waals surface area contributed by atoms with Gasteiger partial charge in [0.25, 0.3) is 0 Å². The molecule has 0 aliphatic heterocycles. The molecule has 0 spiro atoms. The van der Waals surface area contributed by atoms with Crippen LogP contribution in [0.1, 0.15) is 19.8 Å². The number of nitrogens with two attached hydrogens (primary N) is 1. The van der Waals surface area contributed by atoms with Crippen molar-refractivity contribution in [2.24, 2.45) is 11.7 Å². The van der Waals surface area contributed by atoms with Gasteiger partial charge in [0, 0.05) is 18.9 Å². The highest BCUT2D eigenvalue weighted by Crippen LogP contribution is 2.43. The van der Waals surface area contributed by atoms with Crippen molar-refractivity contribution in [2.45, 2.75) is 24.5 Å². The van der Waals surface area contributed by atoms with Gasteiger partial charge in [-0.1, -0.05) is 19.1 Å². The Morgan fingerprint density at radius 1 is 1.67 bits per heavy atom. The van der Waals surface area contributed by atoms with Crippen LogP contribution in [0.15, 0.2) is 12.2 Å². The van der Waals surface area contributed by atoms with Gasteiger partial charge in [-0.2, -0.15) is 0 Å². The molecule has 0 saturated heterocycles. The number of hydrogen-bond donors (Lipinski definition) is 2. The van der Waals surface area contributed by atoms with Gasteiger partial charge in [0.2, 0.25) is 0 Å². The Balaban J connectivity index is 3.12. The Morgan fingerprint density at radius 3 is 2.60 bits per heavy atom. The molecular formula is C10H19NO3S. The number of aliphatic hydroxyl groups is 1. The third-order valence-electron chi connectivity index (χ3n) is 3.36. The molecule has 1 aliphatic rings. The van der Waals surface area contributed by atoms with E-state index in [0.29, 0.717) is 18.4 Å². The zero-order chi connectivity index (χ0) is 11.7. The summed E-state index contributed by atoms with van der Waals surface area (Å²) >= 11 is 0. The van der Waals surface area contributed by atoms with Crippen molar-refractivity contribution in [3.8, 4) is 0 Å². The molecule has 2 atom stereocenters. The molecule has 0 aromatic heterocycles. The highest BCUT2D eigenvalue weighted by Gasteiger charge is 2.49. The molecule has 1 fully saturated rings. The van der Waals surface area contributed by atoms with Crippen LogP contribution in [-0.2, 0) is 9.84 Å². The lowest BCUT2D eigenvalue weighted by Gasteiger charge is -2.28. The molecule has 88 valence electrons. The molecule has 1 rings (SSSR count). The van der Waals surface area contributed by atoms with E-state index in [4.69, 9.17) is 10.8 Å². The Labute approximate surface area is 91.1 Å². The summed E-state index contributed by atoms with van der Waals surface area (Å²) in [7, 11) is -3.24. The molecular weight excluding hydrogens is 214 g/mol. The lowest BCUT2D eigenvalue weighted by atomic mass is 10.0. The van der Waals surface area contributed by atoms with Crippen LogP contribution >= 0.6 is 0 Å². The standard InChI is InChI=1S/C10H19NO3S/c1-3-15(13,14)10(7-11)5-9(6-12)4-8(10)2/h9,12H,2-7,11H2,1H3/t9-,10+/m0/s1. The summed E-state index contributed by atoms with van der Waals surface area (Å²) < 4.78 is 23.0. The molecule has 1 saturated carbocycles. The Morgan fingerprint density at radius 2 is 2.27 bits per heavy atom. The van der Waals surface area contributed by atoms with E-state index in [1.54, 1.807) is 6.92 Å². The van der Waals surface area contributed by atoms with Gasteiger partial charge in [-0.3, -0.25) is 0 Å². The van der Waals surface area contributed by atoms with Crippen molar-refractivity contribution < 1.29 is 13.5 Å². The summed E-state index contributed by atoms with van der Waals surface area (Å²) in [5, 5.41) is 9.07. The number of sulfone groups is 1. The van der Waals surface area contributed by atoms with Crippen molar-refractivity contribution in [3.05, 3.63) is 12.2 Å². The van der Waals surface area contributed by atoms with Crippen molar-refractivity contribution >= 4 is 9.84 Å². The fraction of sp³-hybridized carbons (Fsp3) is 0.800. The van der Waals surface area contributed by atoms with Crippen LogP contribution < -0.4 is 5.73 Å². The van der Waals surface area contributed by atoms with Gasteiger partial charge in [-0.25, -0.2) is 8.42 Å². The summed E-state index contributed by atoms with van der Waals surface area (Å²) in [6, 6.07) is 0.